The molecule has 3 rings (SSSR count). The first-order valence-corrected chi connectivity index (χ1v) is 7.11. The van der Waals surface area contributed by atoms with Crippen LogP contribution in [-0.2, 0) is 4.74 Å². The molecule has 1 aliphatic rings. The number of halogens is 3. The third-order valence-corrected chi connectivity index (χ3v) is 3.82. The highest BCUT2D eigenvalue weighted by atomic mass is 35.5. The number of hydrogen-bond donors (Lipinski definition) is 0. The first-order chi connectivity index (χ1) is 9.59. The Bertz CT molecular complexity index is 636. The first-order valence-electron chi connectivity index (χ1n) is 6.67. The highest BCUT2D eigenvalue weighted by Gasteiger charge is 2.26. The number of imidazole rings is 1. The minimum Gasteiger partial charge on any atom is -0.379 e. The summed E-state index contributed by atoms with van der Waals surface area (Å²) in [7, 11) is 0. The topological polar surface area (TPSA) is 27.1 Å². The number of aromatic nitrogens is 2. The van der Waals surface area contributed by atoms with Gasteiger partial charge in [-0.2, -0.15) is 0 Å². The zero-order valence-corrected chi connectivity index (χ0v) is 11.8. The van der Waals surface area contributed by atoms with Crippen LogP contribution in [0.2, 0.25) is 0 Å². The molecule has 1 aliphatic heterocycles. The van der Waals surface area contributed by atoms with Crippen LogP contribution in [0.1, 0.15) is 37.0 Å². The Kier molecular flexibility index (Phi) is 3.65. The van der Waals surface area contributed by atoms with Gasteiger partial charge < -0.3 is 9.30 Å². The third-order valence-electron chi connectivity index (χ3n) is 3.63. The van der Waals surface area contributed by atoms with Crippen LogP contribution in [0.4, 0.5) is 8.78 Å². The van der Waals surface area contributed by atoms with Gasteiger partial charge in [-0.3, -0.25) is 0 Å². The van der Waals surface area contributed by atoms with Gasteiger partial charge in [-0.1, -0.05) is 0 Å². The molecule has 1 aromatic heterocycles. The number of fused-ring (bicyclic) bond motifs is 1. The molecule has 0 aliphatic carbocycles. The highest BCUT2D eigenvalue weighted by Crippen LogP contribution is 2.33. The van der Waals surface area contributed by atoms with Crippen molar-refractivity contribution in [2.75, 3.05) is 13.2 Å². The van der Waals surface area contributed by atoms with E-state index < -0.39 is 11.6 Å². The quantitative estimate of drug-likeness (QED) is 0.785. The molecule has 2 heterocycles. The molecule has 1 fully saturated rings. The highest BCUT2D eigenvalue weighted by molar-refractivity contribution is 6.20. The first kappa shape index (κ1) is 13.8. The van der Waals surface area contributed by atoms with Crippen molar-refractivity contribution in [3.8, 4) is 0 Å². The fourth-order valence-corrected chi connectivity index (χ4v) is 2.87. The SMILES string of the molecule is CC(Cl)c1nc2ccc(F)c(F)c2n1C1CCCOC1. The lowest BCUT2D eigenvalue weighted by atomic mass is 10.1. The van der Waals surface area contributed by atoms with E-state index in [1.165, 1.54) is 6.07 Å². The van der Waals surface area contributed by atoms with E-state index >= 15 is 0 Å². The lowest BCUT2D eigenvalue weighted by Gasteiger charge is -2.26. The molecule has 0 saturated carbocycles. The van der Waals surface area contributed by atoms with Crippen molar-refractivity contribution in [3.63, 3.8) is 0 Å². The molecule has 0 N–H and O–H groups in total. The molecule has 1 aromatic carbocycles. The Morgan fingerprint density at radius 2 is 2.25 bits per heavy atom. The van der Waals surface area contributed by atoms with Gasteiger partial charge in [-0.25, -0.2) is 13.8 Å². The minimum atomic E-state index is -0.871. The number of benzene rings is 1. The zero-order valence-electron chi connectivity index (χ0n) is 11.1. The summed E-state index contributed by atoms with van der Waals surface area (Å²) in [6, 6.07) is 2.52. The van der Waals surface area contributed by atoms with E-state index in [-0.39, 0.29) is 16.9 Å². The Labute approximate surface area is 120 Å². The summed E-state index contributed by atoms with van der Waals surface area (Å²) in [5, 5.41) is -0.383. The summed E-state index contributed by atoms with van der Waals surface area (Å²) in [5.74, 6) is -1.19. The normalized spacial score (nSPS) is 21.3. The van der Waals surface area contributed by atoms with E-state index in [1.54, 1.807) is 11.5 Å². The predicted molar refractivity (Wildman–Crippen MR) is 73.0 cm³/mol. The third kappa shape index (κ3) is 2.19. The summed E-state index contributed by atoms with van der Waals surface area (Å²) in [6.07, 6.45) is 1.73. The van der Waals surface area contributed by atoms with Crippen LogP contribution in [-0.4, -0.2) is 22.8 Å². The molecule has 0 spiro atoms. The molecule has 3 nitrogen and oxygen atoms in total. The predicted octanol–water partition coefficient (Wildman–Crippen LogP) is 3.97. The number of ether oxygens (including phenoxy) is 1. The molecule has 0 bridgehead atoms. The van der Waals surface area contributed by atoms with Gasteiger partial charge in [0, 0.05) is 6.61 Å². The van der Waals surface area contributed by atoms with Crippen molar-refractivity contribution in [1.29, 1.82) is 0 Å². The van der Waals surface area contributed by atoms with E-state index in [0.29, 0.717) is 24.6 Å². The molecule has 2 aromatic rings. The molecule has 20 heavy (non-hydrogen) atoms. The molecule has 0 radical (unpaired) electrons. The average Bonchev–Trinajstić information content (AvgIpc) is 2.84. The van der Waals surface area contributed by atoms with Crippen molar-refractivity contribution < 1.29 is 13.5 Å². The van der Waals surface area contributed by atoms with Gasteiger partial charge in [0.05, 0.1) is 23.5 Å². The molecule has 6 heteroatoms. The van der Waals surface area contributed by atoms with Crippen LogP contribution in [0.15, 0.2) is 12.1 Å². The molecule has 1 saturated heterocycles. The fraction of sp³-hybridized carbons (Fsp3) is 0.500. The Morgan fingerprint density at radius 3 is 2.90 bits per heavy atom. The molecular formula is C14H15ClF2N2O. The molecule has 2 atom stereocenters. The van der Waals surface area contributed by atoms with Gasteiger partial charge in [-0.15, -0.1) is 11.6 Å². The summed E-state index contributed by atoms with van der Waals surface area (Å²) in [4.78, 5) is 4.36. The number of hydrogen-bond acceptors (Lipinski definition) is 2. The average molecular weight is 301 g/mol. The van der Waals surface area contributed by atoms with Crippen LogP contribution in [0.5, 0.6) is 0 Å². The summed E-state index contributed by atoms with van der Waals surface area (Å²) in [5.41, 5.74) is 0.611. The fourth-order valence-electron chi connectivity index (χ4n) is 2.72. The lowest BCUT2D eigenvalue weighted by Crippen LogP contribution is -2.23. The summed E-state index contributed by atoms with van der Waals surface area (Å²) >= 11 is 6.15. The van der Waals surface area contributed by atoms with Crippen molar-refractivity contribution in [1.82, 2.24) is 9.55 Å². The maximum absolute atomic E-state index is 14.2. The Balaban J connectivity index is 2.24. The maximum atomic E-state index is 14.2. The molecule has 0 amide bonds. The molecule has 108 valence electrons. The largest absolute Gasteiger partial charge is 0.379 e. The lowest BCUT2D eigenvalue weighted by molar-refractivity contribution is 0.0593. The Morgan fingerprint density at radius 1 is 1.45 bits per heavy atom. The van der Waals surface area contributed by atoms with Crippen LogP contribution in [0, 0.1) is 11.6 Å². The zero-order chi connectivity index (χ0) is 14.3. The van der Waals surface area contributed by atoms with Crippen LogP contribution in [0.25, 0.3) is 11.0 Å². The summed E-state index contributed by atoms with van der Waals surface area (Å²) in [6.45, 7) is 2.95. The van der Waals surface area contributed by atoms with Gasteiger partial charge in [0.25, 0.3) is 0 Å². The van der Waals surface area contributed by atoms with E-state index in [4.69, 9.17) is 16.3 Å². The van der Waals surface area contributed by atoms with E-state index in [0.717, 1.165) is 18.9 Å². The smallest absolute Gasteiger partial charge is 0.184 e. The van der Waals surface area contributed by atoms with Gasteiger partial charge in [0.15, 0.2) is 11.6 Å². The van der Waals surface area contributed by atoms with Gasteiger partial charge in [0.2, 0.25) is 0 Å². The van der Waals surface area contributed by atoms with E-state index in [2.05, 4.69) is 4.98 Å². The van der Waals surface area contributed by atoms with Crippen LogP contribution < -0.4 is 0 Å². The number of nitrogens with zero attached hydrogens (tertiary/aromatic N) is 2. The Hall–Kier alpha value is -1.20. The van der Waals surface area contributed by atoms with Crippen LogP contribution in [0.3, 0.4) is 0 Å². The van der Waals surface area contributed by atoms with Crippen LogP contribution >= 0.6 is 11.6 Å². The maximum Gasteiger partial charge on any atom is 0.184 e. The molecule has 2 unspecified atom stereocenters. The number of alkyl halides is 1. The van der Waals surface area contributed by atoms with E-state index in [9.17, 15) is 8.78 Å². The van der Waals surface area contributed by atoms with Crippen molar-refractivity contribution in [2.45, 2.75) is 31.2 Å². The van der Waals surface area contributed by atoms with Gasteiger partial charge in [-0.05, 0) is 31.9 Å². The number of rotatable bonds is 2. The van der Waals surface area contributed by atoms with Gasteiger partial charge >= 0.3 is 0 Å². The monoisotopic (exact) mass is 300 g/mol. The minimum absolute atomic E-state index is 0.0544. The van der Waals surface area contributed by atoms with E-state index in [1.807, 2.05) is 0 Å². The second kappa shape index (κ2) is 5.30. The standard InChI is InChI=1S/C14H15ClF2N2O/c1-8(15)14-18-11-5-4-10(16)12(17)13(11)19(14)9-3-2-6-20-7-9/h4-5,8-9H,2-3,6-7H2,1H3. The van der Waals surface area contributed by atoms with Gasteiger partial charge in [0.1, 0.15) is 11.3 Å². The second-order valence-electron chi connectivity index (χ2n) is 5.06. The second-order valence-corrected chi connectivity index (χ2v) is 5.71. The van der Waals surface area contributed by atoms with Crippen molar-refractivity contribution in [2.24, 2.45) is 0 Å². The van der Waals surface area contributed by atoms with Crippen molar-refractivity contribution >= 4 is 22.6 Å². The van der Waals surface area contributed by atoms with Crippen molar-refractivity contribution in [3.05, 3.63) is 29.6 Å². The molecular weight excluding hydrogens is 286 g/mol. The summed E-state index contributed by atoms with van der Waals surface area (Å²) < 4.78 is 34.9.